The number of nitrogens with zero attached hydrogens (tertiary/aromatic N) is 2. The van der Waals surface area contributed by atoms with Crippen molar-refractivity contribution in [3.63, 3.8) is 0 Å². The van der Waals surface area contributed by atoms with Crippen molar-refractivity contribution in [1.29, 1.82) is 0 Å². The van der Waals surface area contributed by atoms with Crippen molar-refractivity contribution in [3.05, 3.63) is 35.8 Å². The number of aliphatic hydroxyl groups is 1. The predicted octanol–water partition coefficient (Wildman–Crippen LogP) is 7.24. The number of hydrogen-bond donors (Lipinski definition) is 1. The van der Waals surface area contributed by atoms with Gasteiger partial charge in [-0.15, -0.1) is 0 Å². The number of hydrogen-bond acceptors (Lipinski definition) is 3. The average Bonchev–Trinajstić information content (AvgIpc) is 3.31. The van der Waals surface area contributed by atoms with Crippen LogP contribution in [-0.4, -0.2) is 46.3 Å². The van der Waals surface area contributed by atoms with E-state index in [0.29, 0.717) is 30.5 Å². The van der Waals surface area contributed by atoms with Gasteiger partial charge in [0.25, 0.3) is 0 Å². The van der Waals surface area contributed by atoms with Gasteiger partial charge >= 0.3 is 6.09 Å². The van der Waals surface area contributed by atoms with Crippen LogP contribution >= 0.6 is 0 Å². The van der Waals surface area contributed by atoms with Gasteiger partial charge in [-0.25, -0.2) is 9.18 Å². The molecular weight excluding hydrogens is 447 g/mol. The summed E-state index contributed by atoms with van der Waals surface area (Å²) in [5.41, 5.74) is -0.316. The summed E-state index contributed by atoms with van der Waals surface area (Å²) in [6, 6.07) is 5.32. The first-order valence-corrected chi connectivity index (χ1v) is 15.5. The van der Waals surface area contributed by atoms with E-state index >= 15 is 4.39 Å². The molecule has 5 nitrogen and oxygen atoms in total. The number of amides is 1. The molecule has 190 valence electrons. The number of aliphatic hydroxyl groups excluding tert-OH is 1. The van der Waals surface area contributed by atoms with Crippen molar-refractivity contribution in [2.75, 3.05) is 6.54 Å². The molecule has 1 N–H and O–H groups in total. The molecule has 1 aromatic carbocycles. The molecule has 2 atom stereocenters. The van der Waals surface area contributed by atoms with Gasteiger partial charge in [-0.3, -0.25) is 4.90 Å². The smallest absolute Gasteiger partial charge is 0.410 e. The maximum absolute atomic E-state index is 15.7. The Hall–Kier alpha value is -1.86. The number of ether oxygens (including phenoxy) is 1. The van der Waals surface area contributed by atoms with Crippen LogP contribution in [-0.2, 0) is 4.74 Å². The third kappa shape index (κ3) is 4.65. The van der Waals surface area contributed by atoms with Crippen LogP contribution < -0.4 is 0 Å². The molecule has 2 unspecified atom stereocenters. The zero-order valence-electron chi connectivity index (χ0n) is 22.5. The van der Waals surface area contributed by atoms with E-state index in [2.05, 4.69) is 38.1 Å². The van der Waals surface area contributed by atoms with Crippen LogP contribution in [0.4, 0.5) is 9.18 Å². The minimum Gasteiger partial charge on any atom is -0.444 e. The van der Waals surface area contributed by atoms with Crippen LogP contribution in [0, 0.1) is 5.82 Å². The minimum absolute atomic E-state index is 0.0481. The van der Waals surface area contributed by atoms with E-state index in [0.717, 1.165) is 18.2 Å². The van der Waals surface area contributed by atoms with Crippen molar-refractivity contribution in [2.45, 2.75) is 110 Å². The normalized spacial score (nSPS) is 20.7. The molecule has 1 aromatic heterocycles. The summed E-state index contributed by atoms with van der Waals surface area (Å²) in [5.74, 6) is -0.324. The van der Waals surface area contributed by atoms with Gasteiger partial charge in [-0.1, -0.05) is 47.2 Å². The van der Waals surface area contributed by atoms with E-state index in [1.54, 1.807) is 4.90 Å². The maximum atomic E-state index is 15.7. The molecule has 1 saturated heterocycles. The summed E-state index contributed by atoms with van der Waals surface area (Å²) in [5, 5.41) is 12.5. The Morgan fingerprint density at radius 1 is 1.24 bits per heavy atom. The quantitative estimate of drug-likeness (QED) is 0.450. The third-order valence-corrected chi connectivity index (χ3v) is 13.1. The molecule has 2 heterocycles. The first-order chi connectivity index (χ1) is 15.5. The molecule has 1 fully saturated rings. The van der Waals surface area contributed by atoms with Gasteiger partial charge in [0.15, 0.2) is 8.24 Å². The SMILES string of the molecule is CCCC1(C(O)c2cc(F)c3c(ccn3[Si](C)(C)C(C)(C)C)c2)CCCN1C(=O)OC(C)(C)C. The highest BCUT2D eigenvalue weighted by atomic mass is 28.3. The highest BCUT2D eigenvalue weighted by Crippen LogP contribution is 2.45. The monoisotopic (exact) mass is 490 g/mol. The van der Waals surface area contributed by atoms with Crippen LogP contribution in [0.2, 0.25) is 18.1 Å². The molecule has 0 saturated carbocycles. The molecule has 1 amide bonds. The van der Waals surface area contributed by atoms with E-state index < -0.39 is 31.6 Å². The molecule has 0 bridgehead atoms. The second-order valence-electron chi connectivity index (χ2n) is 12.4. The predicted molar refractivity (Wildman–Crippen MR) is 139 cm³/mol. The average molecular weight is 491 g/mol. The molecule has 0 spiro atoms. The van der Waals surface area contributed by atoms with Crippen LogP contribution in [0.5, 0.6) is 0 Å². The molecule has 1 aliphatic heterocycles. The summed E-state index contributed by atoms with van der Waals surface area (Å²) in [6.45, 7) is 19.2. The summed E-state index contributed by atoms with van der Waals surface area (Å²) >= 11 is 0. The minimum atomic E-state index is -2.03. The summed E-state index contributed by atoms with van der Waals surface area (Å²) in [4.78, 5) is 14.8. The Labute approximate surface area is 205 Å². The van der Waals surface area contributed by atoms with Gasteiger partial charge in [0.1, 0.15) is 17.5 Å². The zero-order chi connectivity index (χ0) is 25.7. The Kier molecular flexibility index (Phi) is 7.06. The standard InChI is InChI=1S/C27H43FN2O3Si/c1-10-13-27(14-11-15-29(27)24(32)33-25(2,3)4)23(31)20-17-19-12-16-30(22(19)21(28)18-20)34(8,9)26(5,6)7/h12,16-18,23,31H,10-11,13-15H2,1-9H3. The maximum Gasteiger partial charge on any atom is 0.410 e. The lowest BCUT2D eigenvalue weighted by atomic mass is 9.81. The van der Waals surface area contributed by atoms with Crippen LogP contribution in [0.25, 0.3) is 10.9 Å². The van der Waals surface area contributed by atoms with Crippen LogP contribution in [0.15, 0.2) is 24.4 Å². The third-order valence-electron chi connectivity index (χ3n) is 7.85. The second kappa shape index (κ2) is 8.97. The molecule has 2 aromatic rings. The van der Waals surface area contributed by atoms with Gasteiger partial charge in [0, 0.05) is 11.9 Å². The number of carbonyl (C=O) groups is 1. The summed E-state index contributed by atoms with van der Waals surface area (Å²) in [6.07, 6.45) is 3.43. The highest BCUT2D eigenvalue weighted by Gasteiger charge is 2.50. The zero-order valence-corrected chi connectivity index (χ0v) is 23.5. The van der Waals surface area contributed by atoms with Crippen molar-refractivity contribution < 1.29 is 19.0 Å². The Morgan fingerprint density at radius 3 is 2.44 bits per heavy atom. The largest absolute Gasteiger partial charge is 0.444 e. The van der Waals surface area contributed by atoms with Crippen molar-refractivity contribution >= 4 is 25.2 Å². The number of benzene rings is 1. The molecule has 1 aliphatic rings. The molecule has 0 aliphatic carbocycles. The Balaban J connectivity index is 2.07. The summed E-state index contributed by atoms with van der Waals surface area (Å²) in [7, 11) is -2.03. The first kappa shape index (κ1) is 26.7. The number of fused-ring (bicyclic) bond motifs is 1. The topological polar surface area (TPSA) is 54.7 Å². The number of aromatic nitrogens is 1. The fourth-order valence-electron chi connectivity index (χ4n) is 5.15. The van der Waals surface area contributed by atoms with E-state index in [1.807, 2.05) is 46.0 Å². The lowest BCUT2D eigenvalue weighted by Gasteiger charge is -2.42. The van der Waals surface area contributed by atoms with Crippen molar-refractivity contribution in [2.24, 2.45) is 0 Å². The number of rotatable bonds is 5. The second-order valence-corrected chi connectivity index (χ2v) is 17.5. The molecule has 3 rings (SSSR count). The van der Waals surface area contributed by atoms with Crippen LogP contribution in [0.1, 0.15) is 85.8 Å². The molecular formula is C27H43FN2O3Si. The fourth-order valence-corrected chi connectivity index (χ4v) is 7.12. The molecule has 7 heteroatoms. The van der Waals surface area contributed by atoms with Crippen molar-refractivity contribution in [3.8, 4) is 0 Å². The lowest BCUT2D eigenvalue weighted by Crippen LogP contribution is -2.52. The number of likely N-dealkylation sites (tertiary alicyclic amines) is 1. The van der Waals surface area contributed by atoms with Crippen LogP contribution in [0.3, 0.4) is 0 Å². The Morgan fingerprint density at radius 2 is 1.88 bits per heavy atom. The highest BCUT2D eigenvalue weighted by molar-refractivity contribution is 6.79. The lowest BCUT2D eigenvalue weighted by molar-refractivity contribution is -0.0377. The Bertz CT molecular complexity index is 1050. The first-order valence-electron chi connectivity index (χ1n) is 12.5. The molecule has 34 heavy (non-hydrogen) atoms. The van der Waals surface area contributed by atoms with Gasteiger partial charge in [0.05, 0.1) is 11.1 Å². The number of carbonyl (C=O) groups excluding carboxylic acids is 1. The van der Waals surface area contributed by atoms with Gasteiger partial charge < -0.3 is 14.1 Å². The van der Waals surface area contributed by atoms with E-state index in [9.17, 15) is 9.90 Å². The van der Waals surface area contributed by atoms with Gasteiger partial charge in [-0.05, 0) is 75.0 Å². The van der Waals surface area contributed by atoms with E-state index in [-0.39, 0.29) is 10.9 Å². The molecule has 0 radical (unpaired) electrons. The van der Waals surface area contributed by atoms with Crippen molar-refractivity contribution in [1.82, 2.24) is 9.13 Å². The van der Waals surface area contributed by atoms with Gasteiger partial charge in [-0.2, -0.15) is 0 Å². The van der Waals surface area contributed by atoms with E-state index in [1.165, 1.54) is 6.07 Å². The van der Waals surface area contributed by atoms with Gasteiger partial charge in [0.2, 0.25) is 0 Å². The summed E-state index contributed by atoms with van der Waals surface area (Å²) < 4.78 is 23.5. The van der Waals surface area contributed by atoms with E-state index in [4.69, 9.17) is 4.74 Å². The number of halogens is 1. The fraction of sp³-hybridized carbons (Fsp3) is 0.667.